The summed E-state index contributed by atoms with van der Waals surface area (Å²) >= 11 is 0. The molecule has 0 aromatic heterocycles. The second kappa shape index (κ2) is 3.87. The van der Waals surface area contributed by atoms with Crippen LogP contribution in [0.1, 0.15) is 27.6 Å². The van der Waals surface area contributed by atoms with E-state index in [0.29, 0.717) is 0 Å². The lowest BCUT2D eigenvalue weighted by atomic mass is 10.0. The van der Waals surface area contributed by atoms with Gasteiger partial charge in [0.1, 0.15) is 0 Å². The van der Waals surface area contributed by atoms with Gasteiger partial charge in [-0.05, 0) is 13.0 Å². The number of benzene rings is 1. The summed E-state index contributed by atoms with van der Waals surface area (Å²) in [5.74, 6) is -1.80. The van der Waals surface area contributed by atoms with E-state index in [0.717, 1.165) is 18.2 Å². The van der Waals surface area contributed by atoms with Gasteiger partial charge in [0.05, 0.1) is 10.5 Å². The van der Waals surface area contributed by atoms with Crippen molar-refractivity contribution >= 4 is 17.4 Å². The lowest BCUT2D eigenvalue weighted by Gasteiger charge is -2.01. The molecular weight excluding hydrogens is 202 g/mol. The van der Waals surface area contributed by atoms with E-state index in [9.17, 15) is 19.7 Å². The van der Waals surface area contributed by atoms with E-state index in [1.165, 1.54) is 6.92 Å². The van der Waals surface area contributed by atoms with Crippen LogP contribution < -0.4 is 0 Å². The van der Waals surface area contributed by atoms with Crippen LogP contribution in [0.15, 0.2) is 18.2 Å². The standard InChI is InChI=1S/C9H7NO5/c1-5(11)7-3-2-6(10(14)15)4-8(7)9(12)13/h2-4H,1H3,(H,12,13). The average molecular weight is 209 g/mol. The lowest BCUT2D eigenvalue weighted by molar-refractivity contribution is -0.384. The first-order valence-electron chi connectivity index (χ1n) is 3.96. The van der Waals surface area contributed by atoms with Crippen molar-refractivity contribution in [2.75, 3.05) is 0 Å². The molecular formula is C9H7NO5. The quantitative estimate of drug-likeness (QED) is 0.462. The van der Waals surface area contributed by atoms with E-state index >= 15 is 0 Å². The number of hydrogen-bond acceptors (Lipinski definition) is 4. The summed E-state index contributed by atoms with van der Waals surface area (Å²) in [5, 5.41) is 19.1. The van der Waals surface area contributed by atoms with Crippen molar-refractivity contribution in [3.63, 3.8) is 0 Å². The number of nitro benzene ring substituents is 1. The van der Waals surface area contributed by atoms with Gasteiger partial charge >= 0.3 is 5.97 Å². The molecule has 0 fully saturated rings. The van der Waals surface area contributed by atoms with Gasteiger partial charge in [-0.15, -0.1) is 0 Å². The van der Waals surface area contributed by atoms with Gasteiger partial charge in [-0.1, -0.05) is 0 Å². The number of carboxylic acids is 1. The number of carbonyl (C=O) groups excluding carboxylic acids is 1. The first-order valence-corrected chi connectivity index (χ1v) is 3.96. The number of hydrogen-bond donors (Lipinski definition) is 1. The Balaban J connectivity index is 3.40. The zero-order valence-corrected chi connectivity index (χ0v) is 7.76. The maximum absolute atomic E-state index is 11.0. The molecule has 0 aliphatic carbocycles. The second-order valence-electron chi connectivity index (χ2n) is 2.85. The van der Waals surface area contributed by atoms with Crippen LogP contribution in [0.4, 0.5) is 5.69 Å². The molecule has 0 heterocycles. The number of nitrogens with zero attached hydrogens (tertiary/aromatic N) is 1. The molecule has 0 saturated carbocycles. The van der Waals surface area contributed by atoms with Crippen molar-refractivity contribution in [2.24, 2.45) is 0 Å². The Bertz CT molecular complexity index is 452. The third-order valence-corrected chi connectivity index (χ3v) is 1.82. The first kappa shape index (κ1) is 10.8. The minimum atomic E-state index is -1.36. The molecule has 6 nitrogen and oxygen atoms in total. The molecule has 1 rings (SSSR count). The molecule has 6 heteroatoms. The molecule has 0 atom stereocenters. The van der Waals surface area contributed by atoms with Crippen molar-refractivity contribution < 1.29 is 19.6 Å². The number of Topliss-reactive ketones (excluding diaryl/α,β-unsaturated/α-hetero) is 1. The molecule has 78 valence electrons. The van der Waals surface area contributed by atoms with E-state index in [1.807, 2.05) is 0 Å². The van der Waals surface area contributed by atoms with E-state index in [2.05, 4.69) is 0 Å². The highest BCUT2D eigenvalue weighted by Gasteiger charge is 2.17. The lowest BCUT2D eigenvalue weighted by Crippen LogP contribution is -2.06. The summed E-state index contributed by atoms with van der Waals surface area (Å²) in [6.45, 7) is 1.20. The average Bonchev–Trinajstić information content (AvgIpc) is 2.16. The SMILES string of the molecule is CC(=O)c1ccc([N+](=O)[O-])cc1C(=O)O. The zero-order chi connectivity index (χ0) is 11.6. The Labute approximate surface area is 84.3 Å². The van der Waals surface area contributed by atoms with Crippen LogP contribution in [0.2, 0.25) is 0 Å². The van der Waals surface area contributed by atoms with Gasteiger partial charge in [0.2, 0.25) is 0 Å². The van der Waals surface area contributed by atoms with Gasteiger partial charge < -0.3 is 5.11 Å². The highest BCUT2D eigenvalue weighted by molar-refractivity contribution is 6.05. The predicted octanol–water partition coefficient (Wildman–Crippen LogP) is 1.50. The number of carboxylic acid groups (broad SMARTS) is 1. The fourth-order valence-corrected chi connectivity index (χ4v) is 1.13. The Kier molecular flexibility index (Phi) is 2.80. The molecule has 0 radical (unpaired) electrons. The van der Waals surface area contributed by atoms with Crippen LogP contribution >= 0.6 is 0 Å². The van der Waals surface area contributed by atoms with Crippen molar-refractivity contribution in [3.8, 4) is 0 Å². The molecule has 0 unspecified atom stereocenters. The highest BCUT2D eigenvalue weighted by Crippen LogP contribution is 2.18. The smallest absolute Gasteiger partial charge is 0.336 e. The number of carbonyl (C=O) groups is 2. The summed E-state index contributed by atoms with van der Waals surface area (Å²) in [7, 11) is 0. The Morgan fingerprint density at radius 1 is 1.33 bits per heavy atom. The van der Waals surface area contributed by atoms with Crippen LogP contribution in [0, 0.1) is 10.1 Å². The molecule has 1 aromatic rings. The summed E-state index contributed by atoms with van der Waals surface area (Å²) in [6, 6.07) is 3.12. The number of ketones is 1. The second-order valence-corrected chi connectivity index (χ2v) is 2.85. The minimum Gasteiger partial charge on any atom is -0.478 e. The summed E-state index contributed by atoms with van der Waals surface area (Å²) in [6.07, 6.45) is 0. The number of rotatable bonds is 3. The number of nitro groups is 1. The molecule has 1 aromatic carbocycles. The summed E-state index contributed by atoms with van der Waals surface area (Å²) in [4.78, 5) is 31.4. The Hall–Kier alpha value is -2.24. The third kappa shape index (κ3) is 2.16. The zero-order valence-electron chi connectivity index (χ0n) is 7.76. The van der Waals surface area contributed by atoms with Gasteiger partial charge in [-0.2, -0.15) is 0 Å². The van der Waals surface area contributed by atoms with E-state index in [-0.39, 0.29) is 16.8 Å². The van der Waals surface area contributed by atoms with E-state index < -0.39 is 16.7 Å². The highest BCUT2D eigenvalue weighted by atomic mass is 16.6. The molecule has 0 spiro atoms. The van der Waals surface area contributed by atoms with E-state index in [1.54, 1.807) is 0 Å². The largest absolute Gasteiger partial charge is 0.478 e. The van der Waals surface area contributed by atoms with Crippen LogP contribution in [0.5, 0.6) is 0 Å². The third-order valence-electron chi connectivity index (χ3n) is 1.82. The maximum Gasteiger partial charge on any atom is 0.336 e. The maximum atomic E-state index is 11.0. The van der Waals surface area contributed by atoms with Crippen LogP contribution in [-0.2, 0) is 0 Å². The van der Waals surface area contributed by atoms with Crippen molar-refractivity contribution in [2.45, 2.75) is 6.92 Å². The monoisotopic (exact) mass is 209 g/mol. The topological polar surface area (TPSA) is 97.5 Å². The van der Waals surface area contributed by atoms with Crippen LogP contribution in [0.3, 0.4) is 0 Å². The minimum absolute atomic E-state index is 0.0342. The molecule has 0 aliphatic heterocycles. The van der Waals surface area contributed by atoms with Gasteiger partial charge in [0.25, 0.3) is 5.69 Å². The van der Waals surface area contributed by atoms with Crippen molar-refractivity contribution in [1.29, 1.82) is 0 Å². The molecule has 0 aliphatic rings. The van der Waals surface area contributed by atoms with Crippen molar-refractivity contribution in [3.05, 3.63) is 39.4 Å². The number of non-ortho nitro benzene ring substituents is 1. The van der Waals surface area contributed by atoms with E-state index in [4.69, 9.17) is 5.11 Å². The predicted molar refractivity (Wildman–Crippen MR) is 50.1 cm³/mol. The first-order chi connectivity index (χ1) is 6.93. The van der Waals surface area contributed by atoms with Crippen LogP contribution in [0.25, 0.3) is 0 Å². The molecule has 0 amide bonds. The number of aromatic carboxylic acids is 1. The fourth-order valence-electron chi connectivity index (χ4n) is 1.13. The van der Waals surface area contributed by atoms with Crippen LogP contribution in [-0.4, -0.2) is 21.8 Å². The van der Waals surface area contributed by atoms with Gasteiger partial charge in [-0.3, -0.25) is 14.9 Å². The normalized spacial score (nSPS) is 9.67. The Morgan fingerprint density at radius 2 is 1.93 bits per heavy atom. The molecule has 1 N–H and O–H groups in total. The summed E-state index contributed by atoms with van der Waals surface area (Å²) < 4.78 is 0. The van der Waals surface area contributed by atoms with Crippen molar-refractivity contribution in [1.82, 2.24) is 0 Å². The van der Waals surface area contributed by atoms with Gasteiger partial charge in [0.15, 0.2) is 5.78 Å². The molecule has 0 bridgehead atoms. The van der Waals surface area contributed by atoms with Gasteiger partial charge in [-0.25, -0.2) is 4.79 Å². The summed E-state index contributed by atoms with van der Waals surface area (Å²) in [5.41, 5.74) is -0.734. The Morgan fingerprint density at radius 3 is 2.33 bits per heavy atom. The molecule has 15 heavy (non-hydrogen) atoms. The molecule has 0 saturated heterocycles. The fraction of sp³-hybridized carbons (Fsp3) is 0.111. The van der Waals surface area contributed by atoms with Gasteiger partial charge in [0, 0.05) is 17.7 Å².